The first kappa shape index (κ1) is 12.3. The third-order valence-electron chi connectivity index (χ3n) is 2.71. The van der Waals surface area contributed by atoms with Crippen molar-refractivity contribution in [3.63, 3.8) is 0 Å². The van der Waals surface area contributed by atoms with Crippen LogP contribution in [0.4, 0.5) is 0 Å². The molecule has 0 saturated carbocycles. The van der Waals surface area contributed by atoms with Gasteiger partial charge in [-0.3, -0.25) is 14.2 Å². The Balaban J connectivity index is 2.15. The van der Waals surface area contributed by atoms with E-state index in [4.69, 9.17) is 0 Å². The average molecular weight is 244 g/mol. The monoisotopic (exact) mass is 244 g/mol. The van der Waals surface area contributed by atoms with E-state index in [0.29, 0.717) is 5.56 Å². The molecule has 0 radical (unpaired) electrons. The summed E-state index contributed by atoms with van der Waals surface area (Å²) in [5.41, 5.74) is 2.48. The van der Waals surface area contributed by atoms with Crippen LogP contribution in [0.25, 0.3) is 6.08 Å². The maximum atomic E-state index is 11.9. The van der Waals surface area contributed by atoms with Gasteiger partial charge >= 0.3 is 0 Å². The van der Waals surface area contributed by atoms with Gasteiger partial charge in [0.05, 0.1) is 17.5 Å². The molecule has 2 heterocycles. The van der Waals surface area contributed by atoms with E-state index in [2.05, 4.69) is 10.2 Å². The predicted octanol–water partition coefficient (Wildman–Crippen LogP) is 1.84. The van der Waals surface area contributed by atoms with Gasteiger partial charge in [-0.1, -0.05) is 0 Å². The Kier molecular flexibility index (Phi) is 3.41. The minimum absolute atomic E-state index is 0.0493. The quantitative estimate of drug-likeness (QED) is 0.609. The second-order valence-electron chi connectivity index (χ2n) is 4.13. The van der Waals surface area contributed by atoms with Crippen molar-refractivity contribution < 1.29 is 4.79 Å². The Hall–Kier alpha value is -2.17. The van der Waals surface area contributed by atoms with Crippen LogP contribution in [-0.4, -0.2) is 25.3 Å². The highest BCUT2D eigenvalue weighted by atomic mass is 16.1. The largest absolute Gasteiger partial charge is 0.289 e. The molecule has 0 saturated heterocycles. The highest BCUT2D eigenvalue weighted by molar-refractivity contribution is 6.06. The lowest BCUT2D eigenvalue weighted by molar-refractivity contribution is 0.104. The molecule has 5 nitrogen and oxygen atoms in total. The number of carbonyl (C=O) groups is 1. The maximum absolute atomic E-state index is 11.9. The lowest BCUT2D eigenvalue weighted by atomic mass is 10.2. The molecule has 0 aliphatic carbocycles. The SMILES string of the molecule is CCn1cc(/C=C/C(=O)c2cnn(C)c2)c(C)n1. The van der Waals surface area contributed by atoms with Crippen molar-refractivity contribution in [2.75, 3.05) is 0 Å². The fourth-order valence-corrected chi connectivity index (χ4v) is 1.67. The zero-order chi connectivity index (χ0) is 13.1. The van der Waals surface area contributed by atoms with Crippen molar-refractivity contribution >= 4 is 11.9 Å². The van der Waals surface area contributed by atoms with E-state index in [1.807, 2.05) is 24.7 Å². The third-order valence-corrected chi connectivity index (χ3v) is 2.71. The van der Waals surface area contributed by atoms with Gasteiger partial charge in [-0.15, -0.1) is 0 Å². The van der Waals surface area contributed by atoms with Gasteiger partial charge in [0.15, 0.2) is 5.78 Å². The fraction of sp³-hybridized carbons (Fsp3) is 0.308. The predicted molar refractivity (Wildman–Crippen MR) is 69.2 cm³/mol. The van der Waals surface area contributed by atoms with E-state index >= 15 is 0 Å². The standard InChI is InChI=1S/C13H16N4O/c1-4-17-9-11(10(2)15-17)5-6-13(18)12-7-14-16(3)8-12/h5-9H,4H2,1-3H3/b6-5+. The van der Waals surface area contributed by atoms with E-state index in [0.717, 1.165) is 17.8 Å². The first-order valence-corrected chi connectivity index (χ1v) is 5.85. The number of nitrogens with zero attached hydrogens (tertiary/aromatic N) is 4. The second kappa shape index (κ2) is 5.00. The van der Waals surface area contributed by atoms with Crippen LogP contribution < -0.4 is 0 Å². The summed E-state index contributed by atoms with van der Waals surface area (Å²) in [5.74, 6) is -0.0493. The minimum atomic E-state index is -0.0493. The first-order valence-electron chi connectivity index (χ1n) is 5.85. The summed E-state index contributed by atoms with van der Waals surface area (Å²) in [7, 11) is 1.79. The van der Waals surface area contributed by atoms with Gasteiger partial charge in [0.25, 0.3) is 0 Å². The highest BCUT2D eigenvalue weighted by Crippen LogP contribution is 2.09. The summed E-state index contributed by atoms with van der Waals surface area (Å²) < 4.78 is 3.46. The van der Waals surface area contributed by atoms with E-state index in [-0.39, 0.29) is 5.78 Å². The average Bonchev–Trinajstić information content (AvgIpc) is 2.92. The fourth-order valence-electron chi connectivity index (χ4n) is 1.67. The van der Waals surface area contributed by atoms with Gasteiger partial charge in [0.1, 0.15) is 0 Å². The van der Waals surface area contributed by atoms with Crippen molar-refractivity contribution in [2.24, 2.45) is 7.05 Å². The Morgan fingerprint density at radius 3 is 2.78 bits per heavy atom. The summed E-state index contributed by atoms with van der Waals surface area (Å²) in [6.45, 7) is 4.78. The van der Waals surface area contributed by atoms with Crippen molar-refractivity contribution in [1.82, 2.24) is 19.6 Å². The number of ketones is 1. The molecule has 18 heavy (non-hydrogen) atoms. The number of hydrogen-bond donors (Lipinski definition) is 0. The maximum Gasteiger partial charge on any atom is 0.189 e. The van der Waals surface area contributed by atoms with Gasteiger partial charge < -0.3 is 0 Å². The number of carbonyl (C=O) groups excluding carboxylic acids is 1. The lowest BCUT2D eigenvalue weighted by Crippen LogP contribution is -1.93. The molecule has 0 aliphatic rings. The molecule has 2 aromatic rings. The van der Waals surface area contributed by atoms with Crippen LogP contribution in [0.1, 0.15) is 28.5 Å². The Morgan fingerprint density at radius 2 is 2.22 bits per heavy atom. The minimum Gasteiger partial charge on any atom is -0.289 e. The Labute approximate surface area is 106 Å². The first-order chi connectivity index (χ1) is 8.60. The van der Waals surface area contributed by atoms with Crippen LogP contribution in [0.3, 0.4) is 0 Å². The summed E-state index contributed by atoms with van der Waals surface area (Å²) >= 11 is 0. The molecule has 0 spiro atoms. The molecular weight excluding hydrogens is 228 g/mol. The summed E-state index contributed by atoms with van der Waals surface area (Å²) in [6, 6.07) is 0. The number of hydrogen-bond acceptors (Lipinski definition) is 3. The topological polar surface area (TPSA) is 52.7 Å². The molecule has 0 aliphatic heterocycles. The molecule has 2 rings (SSSR count). The van der Waals surface area contributed by atoms with E-state index in [9.17, 15) is 4.79 Å². The molecule has 0 bridgehead atoms. The van der Waals surface area contributed by atoms with Crippen molar-refractivity contribution in [3.8, 4) is 0 Å². The molecule has 0 N–H and O–H groups in total. The molecule has 2 aromatic heterocycles. The number of rotatable bonds is 4. The van der Waals surface area contributed by atoms with Gasteiger partial charge in [0, 0.05) is 31.5 Å². The van der Waals surface area contributed by atoms with Crippen molar-refractivity contribution in [1.29, 1.82) is 0 Å². The number of allylic oxidation sites excluding steroid dienone is 1. The van der Waals surface area contributed by atoms with Crippen LogP contribution in [-0.2, 0) is 13.6 Å². The molecule has 0 aromatic carbocycles. The smallest absolute Gasteiger partial charge is 0.189 e. The molecule has 5 heteroatoms. The van der Waals surface area contributed by atoms with Crippen LogP contribution >= 0.6 is 0 Å². The van der Waals surface area contributed by atoms with Crippen LogP contribution in [0.15, 0.2) is 24.7 Å². The normalized spacial score (nSPS) is 11.3. The van der Waals surface area contributed by atoms with Crippen LogP contribution in [0.2, 0.25) is 0 Å². The van der Waals surface area contributed by atoms with E-state index in [1.165, 1.54) is 0 Å². The summed E-state index contributed by atoms with van der Waals surface area (Å²) in [5, 5.41) is 8.29. The number of aryl methyl sites for hydroxylation is 3. The van der Waals surface area contributed by atoms with Gasteiger partial charge in [0.2, 0.25) is 0 Å². The van der Waals surface area contributed by atoms with Crippen molar-refractivity contribution in [2.45, 2.75) is 20.4 Å². The van der Waals surface area contributed by atoms with E-state index in [1.54, 1.807) is 36.3 Å². The third kappa shape index (κ3) is 2.56. The number of aromatic nitrogens is 4. The van der Waals surface area contributed by atoms with Crippen molar-refractivity contribution in [3.05, 3.63) is 41.5 Å². The lowest BCUT2D eigenvalue weighted by Gasteiger charge is -1.89. The summed E-state index contributed by atoms with van der Waals surface area (Å²) in [4.78, 5) is 11.9. The summed E-state index contributed by atoms with van der Waals surface area (Å²) in [6.07, 6.45) is 8.55. The molecule has 0 unspecified atom stereocenters. The Bertz CT molecular complexity index is 592. The van der Waals surface area contributed by atoms with Gasteiger partial charge in [-0.25, -0.2) is 0 Å². The molecule has 0 atom stereocenters. The van der Waals surface area contributed by atoms with E-state index < -0.39 is 0 Å². The zero-order valence-corrected chi connectivity index (χ0v) is 10.8. The highest BCUT2D eigenvalue weighted by Gasteiger charge is 2.05. The van der Waals surface area contributed by atoms with Gasteiger partial charge in [-0.05, 0) is 26.0 Å². The van der Waals surface area contributed by atoms with Gasteiger partial charge in [-0.2, -0.15) is 10.2 Å². The molecule has 0 fully saturated rings. The van der Waals surface area contributed by atoms with Crippen LogP contribution in [0.5, 0.6) is 0 Å². The van der Waals surface area contributed by atoms with Crippen LogP contribution in [0, 0.1) is 6.92 Å². The molecular formula is C13H16N4O. The zero-order valence-electron chi connectivity index (χ0n) is 10.8. The molecule has 94 valence electrons. The molecule has 0 amide bonds. The second-order valence-corrected chi connectivity index (χ2v) is 4.13. The Morgan fingerprint density at radius 1 is 1.44 bits per heavy atom.